The van der Waals surface area contributed by atoms with E-state index in [9.17, 15) is 4.79 Å². The van der Waals surface area contributed by atoms with Gasteiger partial charge in [-0.25, -0.2) is 4.68 Å². The Morgan fingerprint density at radius 1 is 1.52 bits per heavy atom. The molecule has 2 aromatic rings. The van der Waals surface area contributed by atoms with E-state index in [1.165, 1.54) is 0 Å². The number of rotatable bonds is 3. The van der Waals surface area contributed by atoms with Crippen molar-refractivity contribution >= 4 is 5.97 Å². The maximum absolute atomic E-state index is 10.9. The van der Waals surface area contributed by atoms with Gasteiger partial charge in [0.05, 0.1) is 23.9 Å². The number of hydrogen-bond donors (Lipinski definition) is 2. The van der Waals surface area contributed by atoms with E-state index < -0.39 is 12.0 Å². The topological polar surface area (TPSA) is 104 Å². The fraction of sp³-hybridized carbons (Fsp3) is 0.286. The summed E-state index contributed by atoms with van der Waals surface area (Å²) in [4.78, 5) is 10.9. The quantitative estimate of drug-likeness (QED) is 0.863. The molecule has 7 heteroatoms. The Balaban J connectivity index is 1.81. The molecule has 0 unspecified atom stereocenters. The number of carboxylic acids is 1. The summed E-state index contributed by atoms with van der Waals surface area (Å²) in [5.74, 6) is -0.848. The lowest BCUT2D eigenvalue weighted by atomic mass is 10.1. The second-order valence-electron chi connectivity index (χ2n) is 4.96. The van der Waals surface area contributed by atoms with E-state index in [-0.39, 0.29) is 6.04 Å². The average Bonchev–Trinajstić information content (AvgIpc) is 3.16. The molecule has 0 spiro atoms. The number of carboxylic acid groups (broad SMARTS) is 1. The molecule has 0 bridgehead atoms. The third-order valence-corrected chi connectivity index (χ3v) is 3.58. The van der Waals surface area contributed by atoms with Crippen molar-refractivity contribution in [2.24, 2.45) is 0 Å². The van der Waals surface area contributed by atoms with Crippen LogP contribution in [-0.2, 0) is 4.79 Å². The molecule has 1 aromatic heterocycles. The molecular weight excluding hydrogens is 270 g/mol. The Morgan fingerprint density at radius 3 is 3.10 bits per heavy atom. The average molecular weight is 283 g/mol. The van der Waals surface area contributed by atoms with Crippen LogP contribution in [0, 0.1) is 11.3 Å². The molecule has 2 heterocycles. The summed E-state index contributed by atoms with van der Waals surface area (Å²) in [6.45, 7) is 0.554. The molecule has 0 aliphatic carbocycles. The molecule has 0 radical (unpaired) electrons. The van der Waals surface area contributed by atoms with Gasteiger partial charge in [0, 0.05) is 12.1 Å². The minimum Gasteiger partial charge on any atom is -0.480 e. The molecule has 3 rings (SSSR count). The van der Waals surface area contributed by atoms with Gasteiger partial charge in [0.1, 0.15) is 11.7 Å². The zero-order valence-corrected chi connectivity index (χ0v) is 11.1. The van der Waals surface area contributed by atoms with Crippen molar-refractivity contribution < 1.29 is 9.90 Å². The Bertz CT molecular complexity index is 718. The number of carbonyl (C=O) groups is 1. The summed E-state index contributed by atoms with van der Waals surface area (Å²) >= 11 is 0. The molecule has 1 fully saturated rings. The molecule has 1 aliphatic heterocycles. The Labute approximate surface area is 120 Å². The normalized spacial score (nSPS) is 21.1. The van der Waals surface area contributed by atoms with Crippen LogP contribution < -0.4 is 5.32 Å². The predicted molar refractivity (Wildman–Crippen MR) is 73.3 cm³/mol. The van der Waals surface area contributed by atoms with Gasteiger partial charge in [-0.2, -0.15) is 5.26 Å². The number of aromatic nitrogens is 3. The van der Waals surface area contributed by atoms with Crippen molar-refractivity contribution in [3.63, 3.8) is 0 Å². The minimum absolute atomic E-state index is 0.0218. The van der Waals surface area contributed by atoms with E-state index in [1.54, 1.807) is 29.1 Å². The van der Waals surface area contributed by atoms with Crippen LogP contribution in [0.4, 0.5) is 0 Å². The lowest BCUT2D eigenvalue weighted by molar-refractivity contribution is -0.139. The fourth-order valence-corrected chi connectivity index (χ4v) is 2.44. The second kappa shape index (κ2) is 5.34. The van der Waals surface area contributed by atoms with Crippen LogP contribution in [0.15, 0.2) is 30.5 Å². The van der Waals surface area contributed by atoms with Gasteiger partial charge in [-0.15, -0.1) is 5.10 Å². The Hall–Kier alpha value is -2.72. The molecule has 0 saturated carbocycles. The molecule has 1 saturated heterocycles. The maximum atomic E-state index is 10.9. The summed E-state index contributed by atoms with van der Waals surface area (Å²) in [6.07, 6.45) is 2.27. The maximum Gasteiger partial charge on any atom is 0.320 e. The number of nitriles is 1. The van der Waals surface area contributed by atoms with Crippen LogP contribution in [0.25, 0.3) is 11.3 Å². The van der Waals surface area contributed by atoms with Crippen LogP contribution in [0.3, 0.4) is 0 Å². The van der Waals surface area contributed by atoms with Crippen molar-refractivity contribution in [1.82, 2.24) is 20.3 Å². The van der Waals surface area contributed by atoms with E-state index in [4.69, 9.17) is 10.4 Å². The van der Waals surface area contributed by atoms with Crippen molar-refractivity contribution in [1.29, 1.82) is 5.26 Å². The van der Waals surface area contributed by atoms with E-state index >= 15 is 0 Å². The highest BCUT2D eigenvalue weighted by molar-refractivity contribution is 5.73. The minimum atomic E-state index is -0.848. The standard InChI is InChI=1S/C14H13N5O2/c15-6-9-2-1-3-10(4-9)13-8-19(18-17-13)11-5-12(14(20)21)16-7-11/h1-4,8,11-12,16H,5,7H2,(H,20,21)/t11-,12-/m0/s1. The van der Waals surface area contributed by atoms with Gasteiger partial charge >= 0.3 is 5.97 Å². The first-order chi connectivity index (χ1) is 10.2. The number of nitrogens with zero attached hydrogens (tertiary/aromatic N) is 4. The van der Waals surface area contributed by atoms with Gasteiger partial charge in [-0.1, -0.05) is 17.3 Å². The van der Waals surface area contributed by atoms with E-state index in [0.29, 0.717) is 24.2 Å². The van der Waals surface area contributed by atoms with Gasteiger partial charge in [0.15, 0.2) is 0 Å². The van der Waals surface area contributed by atoms with E-state index in [0.717, 1.165) is 5.56 Å². The molecule has 2 N–H and O–H groups in total. The predicted octanol–water partition coefficient (Wildman–Crippen LogP) is 0.804. The first-order valence-electron chi connectivity index (χ1n) is 6.56. The third kappa shape index (κ3) is 2.61. The van der Waals surface area contributed by atoms with Crippen molar-refractivity contribution in [2.45, 2.75) is 18.5 Å². The molecule has 1 aliphatic rings. The van der Waals surface area contributed by atoms with Crippen LogP contribution in [0.2, 0.25) is 0 Å². The van der Waals surface area contributed by atoms with Gasteiger partial charge < -0.3 is 10.4 Å². The lowest BCUT2D eigenvalue weighted by Crippen LogP contribution is -2.29. The summed E-state index contributed by atoms with van der Waals surface area (Å²) in [7, 11) is 0. The molecule has 0 amide bonds. The largest absolute Gasteiger partial charge is 0.480 e. The highest BCUT2D eigenvalue weighted by Crippen LogP contribution is 2.22. The van der Waals surface area contributed by atoms with Gasteiger partial charge in [0.2, 0.25) is 0 Å². The van der Waals surface area contributed by atoms with Crippen molar-refractivity contribution in [3.8, 4) is 17.3 Å². The van der Waals surface area contributed by atoms with Crippen LogP contribution >= 0.6 is 0 Å². The van der Waals surface area contributed by atoms with Crippen LogP contribution in [0.5, 0.6) is 0 Å². The highest BCUT2D eigenvalue weighted by atomic mass is 16.4. The first-order valence-corrected chi connectivity index (χ1v) is 6.56. The van der Waals surface area contributed by atoms with Gasteiger partial charge in [-0.05, 0) is 18.6 Å². The molecule has 1 aromatic carbocycles. The van der Waals surface area contributed by atoms with Crippen molar-refractivity contribution in [2.75, 3.05) is 6.54 Å². The van der Waals surface area contributed by atoms with Gasteiger partial charge in [-0.3, -0.25) is 4.79 Å². The Morgan fingerprint density at radius 2 is 2.38 bits per heavy atom. The number of nitrogens with one attached hydrogen (secondary N) is 1. The number of hydrogen-bond acceptors (Lipinski definition) is 5. The lowest BCUT2D eigenvalue weighted by Gasteiger charge is -2.07. The summed E-state index contributed by atoms with van der Waals surface area (Å²) in [5.41, 5.74) is 2.06. The second-order valence-corrected chi connectivity index (χ2v) is 4.96. The summed E-state index contributed by atoms with van der Waals surface area (Å²) in [6, 6.07) is 8.67. The van der Waals surface area contributed by atoms with E-state index in [2.05, 4.69) is 21.7 Å². The summed E-state index contributed by atoms with van der Waals surface area (Å²) < 4.78 is 1.68. The number of benzene rings is 1. The Kier molecular flexibility index (Phi) is 3.38. The molecule has 2 atom stereocenters. The highest BCUT2D eigenvalue weighted by Gasteiger charge is 2.30. The number of aliphatic carboxylic acids is 1. The zero-order valence-electron chi connectivity index (χ0n) is 11.1. The van der Waals surface area contributed by atoms with Gasteiger partial charge in [0.25, 0.3) is 0 Å². The van der Waals surface area contributed by atoms with Crippen LogP contribution in [-0.4, -0.2) is 38.7 Å². The smallest absolute Gasteiger partial charge is 0.320 e. The van der Waals surface area contributed by atoms with E-state index in [1.807, 2.05) is 6.07 Å². The SMILES string of the molecule is N#Cc1cccc(-c2cn([C@@H]3CN[C@H](C(=O)O)C3)nn2)c1. The summed E-state index contributed by atoms with van der Waals surface area (Å²) in [5, 5.41) is 29.0. The first kappa shape index (κ1) is 13.3. The molecule has 106 valence electrons. The third-order valence-electron chi connectivity index (χ3n) is 3.58. The molecular formula is C14H13N5O2. The fourth-order valence-electron chi connectivity index (χ4n) is 2.44. The van der Waals surface area contributed by atoms with Crippen LogP contribution in [0.1, 0.15) is 18.0 Å². The van der Waals surface area contributed by atoms with Crippen molar-refractivity contribution in [3.05, 3.63) is 36.0 Å². The monoisotopic (exact) mass is 283 g/mol. The zero-order chi connectivity index (χ0) is 14.8. The molecule has 7 nitrogen and oxygen atoms in total. The molecule has 21 heavy (non-hydrogen) atoms.